The molecule has 0 saturated carbocycles. The Balaban J connectivity index is 2.02. The number of unbranched alkanes of at least 4 members (excludes halogenated alkanes) is 7. The summed E-state index contributed by atoms with van der Waals surface area (Å²) < 4.78 is 5.18. The molecule has 3 heteroatoms. The number of ether oxygens (including phenoxy) is 1. The molecule has 0 aliphatic heterocycles. The van der Waals surface area contributed by atoms with E-state index in [1.54, 1.807) is 6.08 Å². The molecule has 0 fully saturated rings. The third-order valence-corrected chi connectivity index (χ3v) is 3.62. The number of hydrogen-bond acceptors (Lipinski definition) is 2. The number of benzene rings is 1. The second-order valence-corrected chi connectivity index (χ2v) is 5.56. The van der Waals surface area contributed by atoms with Crippen LogP contribution in [-0.4, -0.2) is 12.7 Å². The maximum atomic E-state index is 11.6. The molecule has 0 radical (unpaired) electrons. The van der Waals surface area contributed by atoms with Crippen molar-refractivity contribution in [2.75, 3.05) is 11.9 Å². The Bertz CT molecular complexity index is 426. The van der Waals surface area contributed by atoms with Crippen LogP contribution in [0.1, 0.15) is 63.9 Å². The van der Waals surface area contributed by atoms with Gasteiger partial charge in [0.15, 0.2) is 0 Å². The minimum Gasteiger partial charge on any atom is -0.449 e. The second kappa shape index (κ2) is 11.8. The van der Waals surface area contributed by atoms with Gasteiger partial charge in [0.25, 0.3) is 0 Å². The number of anilines is 1. The van der Waals surface area contributed by atoms with E-state index in [-0.39, 0.29) is 6.09 Å². The average molecular weight is 303 g/mol. The monoisotopic (exact) mass is 303 g/mol. The van der Waals surface area contributed by atoms with Crippen molar-refractivity contribution in [1.82, 2.24) is 0 Å². The molecule has 1 aromatic rings. The first-order valence-electron chi connectivity index (χ1n) is 8.42. The van der Waals surface area contributed by atoms with Gasteiger partial charge in [0, 0.05) is 5.69 Å². The highest BCUT2D eigenvalue weighted by atomic mass is 16.5. The van der Waals surface area contributed by atoms with Crippen molar-refractivity contribution in [3.63, 3.8) is 0 Å². The highest BCUT2D eigenvalue weighted by molar-refractivity contribution is 5.84. The summed E-state index contributed by atoms with van der Waals surface area (Å²) in [5, 5.41) is 2.72. The number of rotatable bonds is 11. The quantitative estimate of drug-likeness (QED) is 0.508. The summed E-state index contributed by atoms with van der Waals surface area (Å²) in [6, 6.07) is 7.49. The van der Waals surface area contributed by atoms with Gasteiger partial charge < -0.3 is 4.74 Å². The summed E-state index contributed by atoms with van der Waals surface area (Å²) in [7, 11) is 0. The molecule has 0 aliphatic rings. The Morgan fingerprint density at radius 1 is 1.05 bits per heavy atom. The first kappa shape index (κ1) is 18.3. The molecule has 0 saturated heterocycles. The molecule has 1 aromatic carbocycles. The van der Waals surface area contributed by atoms with Crippen molar-refractivity contribution < 1.29 is 9.53 Å². The second-order valence-electron chi connectivity index (χ2n) is 5.56. The molecule has 1 amide bonds. The normalized spacial score (nSPS) is 10.2. The number of carbonyl (C=O) groups excluding carboxylic acids is 1. The zero-order valence-electron chi connectivity index (χ0n) is 13.8. The fourth-order valence-electron chi connectivity index (χ4n) is 2.26. The largest absolute Gasteiger partial charge is 0.449 e. The van der Waals surface area contributed by atoms with Crippen LogP contribution in [0.15, 0.2) is 30.8 Å². The van der Waals surface area contributed by atoms with Crippen LogP contribution in [0.5, 0.6) is 0 Å². The Morgan fingerprint density at radius 2 is 1.64 bits per heavy atom. The SMILES string of the molecule is C=Cc1ccc(NC(=O)OCCCCCCCCCC)cc1. The van der Waals surface area contributed by atoms with Crippen molar-refractivity contribution in [2.45, 2.75) is 58.3 Å². The predicted molar refractivity (Wildman–Crippen MR) is 94.1 cm³/mol. The van der Waals surface area contributed by atoms with Gasteiger partial charge in [-0.1, -0.05) is 76.7 Å². The number of carbonyl (C=O) groups is 1. The van der Waals surface area contributed by atoms with Crippen LogP contribution < -0.4 is 5.32 Å². The fourth-order valence-corrected chi connectivity index (χ4v) is 2.26. The van der Waals surface area contributed by atoms with Crippen molar-refractivity contribution in [1.29, 1.82) is 0 Å². The lowest BCUT2D eigenvalue weighted by atomic mass is 10.1. The molecular weight excluding hydrogens is 274 g/mol. The van der Waals surface area contributed by atoms with E-state index in [1.807, 2.05) is 24.3 Å². The molecule has 1 rings (SSSR count). The van der Waals surface area contributed by atoms with Crippen molar-refractivity contribution in [2.24, 2.45) is 0 Å². The standard InChI is InChI=1S/C19H29NO2/c1-3-5-6-7-8-9-10-11-16-22-19(21)20-18-14-12-17(4-2)13-15-18/h4,12-15H,2-3,5-11,16H2,1H3,(H,20,21). The van der Waals surface area contributed by atoms with Gasteiger partial charge in [0.1, 0.15) is 0 Å². The van der Waals surface area contributed by atoms with Crippen LogP contribution >= 0.6 is 0 Å². The average Bonchev–Trinajstić information content (AvgIpc) is 2.54. The zero-order valence-corrected chi connectivity index (χ0v) is 13.8. The van der Waals surface area contributed by atoms with Crippen molar-refractivity contribution in [3.8, 4) is 0 Å². The van der Waals surface area contributed by atoms with Crippen molar-refractivity contribution >= 4 is 17.9 Å². The summed E-state index contributed by atoms with van der Waals surface area (Å²) in [5.74, 6) is 0. The van der Waals surface area contributed by atoms with E-state index < -0.39 is 0 Å². The molecule has 0 unspecified atom stereocenters. The Kier molecular flexibility index (Phi) is 9.84. The summed E-state index contributed by atoms with van der Waals surface area (Å²) in [6.07, 6.45) is 11.3. The Hall–Kier alpha value is -1.77. The Morgan fingerprint density at radius 3 is 2.23 bits per heavy atom. The van der Waals surface area contributed by atoms with Gasteiger partial charge >= 0.3 is 6.09 Å². The van der Waals surface area contributed by atoms with E-state index in [4.69, 9.17) is 4.74 Å². The van der Waals surface area contributed by atoms with E-state index in [9.17, 15) is 4.79 Å². The van der Waals surface area contributed by atoms with Crippen LogP contribution in [0.2, 0.25) is 0 Å². The van der Waals surface area contributed by atoms with Gasteiger partial charge in [-0.3, -0.25) is 5.32 Å². The van der Waals surface area contributed by atoms with Gasteiger partial charge in [-0.15, -0.1) is 0 Å². The van der Waals surface area contributed by atoms with E-state index >= 15 is 0 Å². The third kappa shape index (κ3) is 8.50. The summed E-state index contributed by atoms with van der Waals surface area (Å²) in [6.45, 7) is 6.42. The molecular formula is C19H29NO2. The van der Waals surface area contributed by atoms with Gasteiger partial charge in [-0.25, -0.2) is 4.79 Å². The molecule has 1 N–H and O–H groups in total. The van der Waals surface area contributed by atoms with Gasteiger partial charge in [0.2, 0.25) is 0 Å². The number of amides is 1. The zero-order chi connectivity index (χ0) is 16.0. The van der Waals surface area contributed by atoms with Crippen LogP contribution in [-0.2, 0) is 4.74 Å². The topological polar surface area (TPSA) is 38.3 Å². The lowest BCUT2D eigenvalue weighted by Crippen LogP contribution is -2.14. The predicted octanol–water partition coefficient (Wildman–Crippen LogP) is 6.02. The van der Waals surface area contributed by atoms with E-state index in [0.717, 1.165) is 24.1 Å². The molecule has 0 bridgehead atoms. The number of nitrogens with one attached hydrogen (secondary N) is 1. The highest BCUT2D eigenvalue weighted by Crippen LogP contribution is 2.11. The van der Waals surface area contributed by atoms with Gasteiger partial charge in [0.05, 0.1) is 6.61 Å². The highest BCUT2D eigenvalue weighted by Gasteiger charge is 2.02. The molecule has 0 aromatic heterocycles. The molecule has 0 aliphatic carbocycles. The molecule has 0 atom stereocenters. The maximum absolute atomic E-state index is 11.6. The minimum absolute atomic E-state index is 0.380. The molecule has 122 valence electrons. The fraction of sp³-hybridized carbons (Fsp3) is 0.526. The van der Waals surface area contributed by atoms with Gasteiger partial charge in [-0.2, -0.15) is 0 Å². The lowest BCUT2D eigenvalue weighted by Gasteiger charge is -2.07. The molecule has 3 nitrogen and oxygen atoms in total. The van der Waals surface area contributed by atoms with E-state index in [1.165, 1.54) is 38.5 Å². The van der Waals surface area contributed by atoms with Crippen LogP contribution in [0.25, 0.3) is 6.08 Å². The van der Waals surface area contributed by atoms with Crippen molar-refractivity contribution in [3.05, 3.63) is 36.4 Å². The summed E-state index contributed by atoms with van der Waals surface area (Å²) >= 11 is 0. The first-order chi connectivity index (χ1) is 10.8. The van der Waals surface area contributed by atoms with Gasteiger partial charge in [-0.05, 0) is 24.1 Å². The first-order valence-corrected chi connectivity index (χ1v) is 8.42. The van der Waals surface area contributed by atoms with Crippen LogP contribution in [0.4, 0.5) is 10.5 Å². The molecule has 0 heterocycles. The van der Waals surface area contributed by atoms with Crippen LogP contribution in [0.3, 0.4) is 0 Å². The summed E-state index contributed by atoms with van der Waals surface area (Å²) in [5.41, 5.74) is 1.77. The smallest absolute Gasteiger partial charge is 0.411 e. The Labute approximate surface area is 134 Å². The van der Waals surface area contributed by atoms with E-state index in [2.05, 4.69) is 18.8 Å². The summed E-state index contributed by atoms with van der Waals surface area (Å²) in [4.78, 5) is 11.6. The molecule has 0 spiro atoms. The lowest BCUT2D eigenvalue weighted by molar-refractivity contribution is 0.159. The number of hydrogen-bond donors (Lipinski definition) is 1. The third-order valence-electron chi connectivity index (χ3n) is 3.62. The molecule has 22 heavy (non-hydrogen) atoms. The van der Waals surface area contributed by atoms with Crippen LogP contribution in [0, 0.1) is 0 Å². The maximum Gasteiger partial charge on any atom is 0.411 e. The van der Waals surface area contributed by atoms with E-state index in [0.29, 0.717) is 6.61 Å². The minimum atomic E-state index is -0.380.